The van der Waals surface area contributed by atoms with Gasteiger partial charge in [-0.2, -0.15) is 5.10 Å². The maximum Gasteiger partial charge on any atom is 0.339 e. The molecule has 0 saturated heterocycles. The molecule has 0 saturated carbocycles. The van der Waals surface area contributed by atoms with E-state index in [0.29, 0.717) is 16.9 Å². The Morgan fingerprint density at radius 1 is 1.13 bits per heavy atom. The number of aromatic nitrogens is 1. The van der Waals surface area contributed by atoms with E-state index in [1.165, 1.54) is 19.2 Å². The fourth-order valence-corrected chi connectivity index (χ4v) is 3.20. The zero-order valence-corrected chi connectivity index (χ0v) is 17.5. The summed E-state index contributed by atoms with van der Waals surface area (Å²) in [5.74, 6) is -1.10. The number of carbonyl (C=O) groups is 2. The topological polar surface area (TPSA) is 84.7 Å². The van der Waals surface area contributed by atoms with E-state index < -0.39 is 5.97 Å². The van der Waals surface area contributed by atoms with E-state index in [2.05, 4.69) is 15.8 Å². The monoisotopic (exact) mass is 422 g/mol. The van der Waals surface area contributed by atoms with E-state index in [1.807, 2.05) is 36.6 Å². The Hall–Kier alpha value is -3.94. The van der Waals surface area contributed by atoms with Crippen LogP contribution >= 0.6 is 0 Å². The molecule has 160 valence electrons. The number of ether oxygens (including phenoxy) is 1. The van der Waals surface area contributed by atoms with Gasteiger partial charge in [0, 0.05) is 22.6 Å². The number of esters is 1. The molecule has 3 aromatic rings. The summed E-state index contributed by atoms with van der Waals surface area (Å²) in [5.41, 5.74) is 6.81. The predicted molar refractivity (Wildman–Crippen MR) is 117 cm³/mol. The fourth-order valence-electron chi connectivity index (χ4n) is 3.20. The number of hydrogen-bond acceptors (Lipinski definition) is 5. The van der Waals surface area contributed by atoms with E-state index in [9.17, 15) is 14.0 Å². The number of carbonyl (C=O) groups excluding carboxylic acids is 2. The van der Waals surface area contributed by atoms with Crippen LogP contribution in [-0.2, 0) is 9.53 Å². The number of methoxy groups -OCH3 is 1. The third-order valence-electron chi connectivity index (χ3n) is 4.71. The van der Waals surface area contributed by atoms with Crippen molar-refractivity contribution in [3.8, 4) is 5.69 Å². The maximum absolute atomic E-state index is 12.9. The highest BCUT2D eigenvalue weighted by atomic mass is 19.1. The van der Waals surface area contributed by atoms with Crippen LogP contribution in [0.3, 0.4) is 0 Å². The van der Waals surface area contributed by atoms with E-state index in [1.54, 1.807) is 30.5 Å². The first kappa shape index (κ1) is 21.8. The number of nitrogens with one attached hydrogen (secondary N) is 2. The largest absolute Gasteiger partial charge is 0.465 e. The highest BCUT2D eigenvalue weighted by Crippen LogP contribution is 2.23. The molecular formula is C23H23FN4O3. The minimum Gasteiger partial charge on any atom is -0.465 e. The quantitative estimate of drug-likeness (QED) is 0.346. The van der Waals surface area contributed by atoms with Gasteiger partial charge in [-0.15, -0.1) is 0 Å². The van der Waals surface area contributed by atoms with Crippen molar-refractivity contribution < 1.29 is 18.7 Å². The van der Waals surface area contributed by atoms with Crippen molar-refractivity contribution >= 4 is 23.8 Å². The van der Waals surface area contributed by atoms with E-state index in [-0.39, 0.29) is 18.3 Å². The highest BCUT2D eigenvalue weighted by Gasteiger charge is 2.17. The van der Waals surface area contributed by atoms with Crippen molar-refractivity contribution in [1.82, 2.24) is 9.99 Å². The number of hydrogen-bond donors (Lipinski definition) is 2. The molecule has 7 nitrogen and oxygen atoms in total. The first-order valence-electron chi connectivity index (χ1n) is 9.58. The van der Waals surface area contributed by atoms with Gasteiger partial charge in [0.1, 0.15) is 5.82 Å². The molecule has 1 aromatic heterocycles. The highest BCUT2D eigenvalue weighted by molar-refractivity contribution is 5.94. The Morgan fingerprint density at radius 3 is 2.55 bits per heavy atom. The second-order valence-electron chi connectivity index (χ2n) is 6.82. The Morgan fingerprint density at radius 2 is 1.84 bits per heavy atom. The van der Waals surface area contributed by atoms with Crippen LogP contribution in [0.15, 0.2) is 59.7 Å². The lowest BCUT2D eigenvalue weighted by atomic mass is 10.1. The van der Waals surface area contributed by atoms with Crippen LogP contribution in [0.25, 0.3) is 5.69 Å². The second kappa shape index (κ2) is 9.71. The summed E-state index contributed by atoms with van der Waals surface area (Å²) in [7, 11) is 1.35. The number of anilines is 1. The molecule has 0 bridgehead atoms. The molecule has 0 aliphatic rings. The minimum absolute atomic E-state index is 0.00546. The van der Waals surface area contributed by atoms with Gasteiger partial charge in [-0.3, -0.25) is 4.79 Å². The lowest BCUT2D eigenvalue weighted by Crippen LogP contribution is -2.25. The summed E-state index contributed by atoms with van der Waals surface area (Å²) < 4.78 is 19.7. The molecule has 0 spiro atoms. The van der Waals surface area contributed by atoms with Crippen LogP contribution < -0.4 is 10.7 Å². The van der Waals surface area contributed by atoms with Gasteiger partial charge in [0.25, 0.3) is 5.91 Å². The van der Waals surface area contributed by atoms with Gasteiger partial charge in [0.05, 0.1) is 31.1 Å². The Bertz CT molecular complexity index is 1120. The lowest BCUT2D eigenvalue weighted by molar-refractivity contribution is -0.119. The molecule has 0 unspecified atom stereocenters. The summed E-state index contributed by atoms with van der Waals surface area (Å²) in [6, 6.07) is 14.8. The normalized spacial score (nSPS) is 10.8. The van der Waals surface area contributed by atoms with Crippen molar-refractivity contribution in [1.29, 1.82) is 0 Å². The number of amides is 1. The van der Waals surface area contributed by atoms with Crippen molar-refractivity contribution in [3.05, 3.63) is 82.9 Å². The molecule has 0 aliphatic carbocycles. The zero-order chi connectivity index (χ0) is 22.4. The van der Waals surface area contributed by atoms with Crippen LogP contribution in [0.5, 0.6) is 0 Å². The van der Waals surface area contributed by atoms with Crippen molar-refractivity contribution in [3.63, 3.8) is 0 Å². The minimum atomic E-state index is -0.417. The number of halogens is 1. The number of hydrazone groups is 1. The first-order valence-corrected chi connectivity index (χ1v) is 9.58. The Labute approximate surface area is 179 Å². The Balaban J connectivity index is 1.70. The van der Waals surface area contributed by atoms with Gasteiger partial charge in [0.2, 0.25) is 0 Å². The molecule has 31 heavy (non-hydrogen) atoms. The van der Waals surface area contributed by atoms with Crippen LogP contribution in [0.4, 0.5) is 10.1 Å². The summed E-state index contributed by atoms with van der Waals surface area (Å²) >= 11 is 0. The van der Waals surface area contributed by atoms with Crippen LogP contribution in [0, 0.1) is 19.7 Å². The smallest absolute Gasteiger partial charge is 0.339 e. The molecule has 0 atom stereocenters. The summed E-state index contributed by atoms with van der Waals surface area (Å²) in [6.45, 7) is 3.82. The molecule has 0 radical (unpaired) electrons. The second-order valence-corrected chi connectivity index (χ2v) is 6.82. The molecule has 0 aliphatic heterocycles. The average Bonchev–Trinajstić information content (AvgIpc) is 3.05. The van der Waals surface area contributed by atoms with Gasteiger partial charge in [0.15, 0.2) is 0 Å². The summed E-state index contributed by atoms with van der Waals surface area (Å²) in [4.78, 5) is 24.1. The van der Waals surface area contributed by atoms with Crippen molar-refractivity contribution in [2.24, 2.45) is 5.10 Å². The molecule has 1 heterocycles. The third kappa shape index (κ3) is 5.16. The van der Waals surface area contributed by atoms with E-state index >= 15 is 0 Å². The summed E-state index contributed by atoms with van der Waals surface area (Å²) in [5, 5.41) is 6.91. The van der Waals surface area contributed by atoms with E-state index in [4.69, 9.17) is 4.74 Å². The molecule has 2 N–H and O–H groups in total. The molecule has 0 fully saturated rings. The SMILES string of the molecule is COC(=O)c1ccccc1-n1c(C)cc(/C=N\NC(=O)CNc2ccc(F)cc2)c1C. The van der Waals surface area contributed by atoms with Crippen LogP contribution in [0.2, 0.25) is 0 Å². The van der Waals surface area contributed by atoms with Gasteiger partial charge in [-0.25, -0.2) is 14.6 Å². The van der Waals surface area contributed by atoms with Crippen LogP contribution in [-0.4, -0.2) is 36.3 Å². The zero-order valence-electron chi connectivity index (χ0n) is 17.5. The standard InChI is InChI=1S/C23H23FN4O3/c1-15-12-17(13-26-27-22(29)14-25-19-10-8-18(24)9-11-19)16(2)28(15)21-7-5-4-6-20(21)23(30)31-3/h4-13,25H,14H2,1-3H3,(H,27,29)/b26-13-. The van der Waals surface area contributed by atoms with E-state index in [0.717, 1.165) is 17.0 Å². The Kier molecular flexibility index (Phi) is 6.81. The first-order chi connectivity index (χ1) is 14.9. The van der Waals surface area contributed by atoms with Gasteiger partial charge < -0.3 is 14.6 Å². The predicted octanol–water partition coefficient (Wildman–Crippen LogP) is 3.58. The maximum atomic E-state index is 12.9. The molecule has 3 rings (SSSR count). The van der Waals surface area contributed by atoms with Crippen molar-refractivity contribution in [2.75, 3.05) is 19.0 Å². The number of benzene rings is 2. The van der Waals surface area contributed by atoms with Gasteiger partial charge in [-0.05, 0) is 56.3 Å². The number of para-hydroxylation sites is 1. The van der Waals surface area contributed by atoms with Crippen molar-refractivity contribution in [2.45, 2.75) is 13.8 Å². The fraction of sp³-hybridized carbons (Fsp3) is 0.174. The van der Waals surface area contributed by atoms with Gasteiger partial charge >= 0.3 is 5.97 Å². The molecule has 2 aromatic carbocycles. The average molecular weight is 422 g/mol. The van der Waals surface area contributed by atoms with Gasteiger partial charge in [-0.1, -0.05) is 12.1 Å². The number of rotatable bonds is 7. The molecule has 8 heteroatoms. The van der Waals surface area contributed by atoms with Crippen LogP contribution in [0.1, 0.15) is 27.3 Å². The summed E-state index contributed by atoms with van der Waals surface area (Å²) in [6.07, 6.45) is 1.55. The molecule has 1 amide bonds. The third-order valence-corrected chi connectivity index (χ3v) is 4.71. The lowest BCUT2D eigenvalue weighted by Gasteiger charge is -2.13. The molecular weight excluding hydrogens is 399 g/mol. The number of aryl methyl sites for hydroxylation is 1. The number of nitrogens with zero attached hydrogens (tertiary/aromatic N) is 2.